The summed E-state index contributed by atoms with van der Waals surface area (Å²) in [6.07, 6.45) is 4.85. The summed E-state index contributed by atoms with van der Waals surface area (Å²) in [7, 11) is -3.70. The van der Waals surface area contributed by atoms with Gasteiger partial charge in [0.2, 0.25) is 5.56 Å². The quantitative estimate of drug-likeness (QED) is 0.898. The molecule has 0 bridgehead atoms. The molecule has 0 radical (unpaired) electrons. The Morgan fingerprint density at radius 1 is 0.957 bits per heavy atom. The molecule has 2 N–H and O–H groups in total. The summed E-state index contributed by atoms with van der Waals surface area (Å²) in [5.74, 6) is 0. The topological polar surface area (TPSA) is 82.3 Å². The highest BCUT2D eigenvalue weighted by atomic mass is 32.2. The summed E-state index contributed by atoms with van der Waals surface area (Å²) < 4.78 is 27.0. The lowest BCUT2D eigenvalue weighted by Crippen LogP contribution is -2.29. The largest absolute Gasteiger partial charge is 0.372 e. The zero-order valence-electron chi connectivity index (χ0n) is 12.7. The minimum Gasteiger partial charge on any atom is -0.372 e. The lowest BCUT2D eigenvalue weighted by atomic mass is 10.1. The number of H-pyrrole nitrogens is 1. The molecule has 7 heteroatoms. The zero-order chi connectivity index (χ0) is 16.3. The predicted molar refractivity (Wildman–Crippen MR) is 90.4 cm³/mol. The van der Waals surface area contributed by atoms with Gasteiger partial charge in [0.1, 0.15) is 4.90 Å². The van der Waals surface area contributed by atoms with E-state index in [9.17, 15) is 13.2 Å². The lowest BCUT2D eigenvalue weighted by Gasteiger charge is -2.28. The van der Waals surface area contributed by atoms with E-state index in [1.807, 2.05) is 12.1 Å². The monoisotopic (exact) mass is 333 g/mol. The zero-order valence-corrected chi connectivity index (χ0v) is 13.5. The molecule has 3 rings (SSSR count). The second kappa shape index (κ2) is 6.45. The molecule has 2 heterocycles. The average molecular weight is 333 g/mol. The van der Waals surface area contributed by atoms with Crippen LogP contribution in [0.15, 0.2) is 52.3 Å². The molecular formula is C16H19N3O3S. The number of rotatable bonds is 4. The van der Waals surface area contributed by atoms with Crippen LogP contribution in [-0.2, 0) is 10.0 Å². The first-order valence-electron chi connectivity index (χ1n) is 7.61. The fourth-order valence-electron chi connectivity index (χ4n) is 2.67. The van der Waals surface area contributed by atoms with E-state index in [0.717, 1.165) is 18.8 Å². The van der Waals surface area contributed by atoms with Crippen LogP contribution in [0.5, 0.6) is 0 Å². The first-order chi connectivity index (χ1) is 11.0. The molecule has 0 atom stereocenters. The molecule has 0 unspecified atom stereocenters. The number of benzene rings is 1. The third-order valence-electron chi connectivity index (χ3n) is 3.91. The van der Waals surface area contributed by atoms with Gasteiger partial charge in [-0.3, -0.25) is 9.52 Å². The summed E-state index contributed by atoms with van der Waals surface area (Å²) in [5, 5.41) is 0. The van der Waals surface area contributed by atoms with Gasteiger partial charge in [0, 0.05) is 36.7 Å². The summed E-state index contributed by atoms with van der Waals surface area (Å²) in [5.41, 5.74) is 1.27. The third-order valence-corrected chi connectivity index (χ3v) is 5.29. The Bertz CT molecular complexity index is 802. The number of pyridine rings is 1. The fraction of sp³-hybridized carbons (Fsp3) is 0.312. The van der Waals surface area contributed by atoms with E-state index in [1.165, 1.54) is 37.6 Å². The number of anilines is 2. The van der Waals surface area contributed by atoms with Crippen molar-refractivity contribution in [3.8, 4) is 0 Å². The van der Waals surface area contributed by atoms with Crippen LogP contribution in [0.4, 0.5) is 11.4 Å². The van der Waals surface area contributed by atoms with Gasteiger partial charge >= 0.3 is 0 Å². The Hall–Kier alpha value is -2.28. The SMILES string of the molecule is O=c1ccc(S(=O)(=O)Nc2ccc(N3CCCCC3)cc2)c[nH]1. The van der Waals surface area contributed by atoms with Crippen molar-refractivity contribution >= 4 is 21.4 Å². The average Bonchev–Trinajstić information content (AvgIpc) is 2.56. The Labute approximate surface area is 135 Å². The van der Waals surface area contributed by atoms with Gasteiger partial charge in [0.15, 0.2) is 0 Å². The molecule has 1 fully saturated rings. The highest BCUT2D eigenvalue weighted by molar-refractivity contribution is 7.92. The molecule has 1 aromatic carbocycles. The number of hydrogen-bond acceptors (Lipinski definition) is 4. The normalized spacial score (nSPS) is 15.4. The van der Waals surface area contributed by atoms with Crippen molar-refractivity contribution in [2.24, 2.45) is 0 Å². The van der Waals surface area contributed by atoms with E-state index in [0.29, 0.717) is 5.69 Å². The molecule has 1 aliphatic rings. The van der Waals surface area contributed by atoms with E-state index in [1.54, 1.807) is 12.1 Å². The van der Waals surface area contributed by atoms with Crippen LogP contribution in [0, 0.1) is 0 Å². The fourth-order valence-corrected chi connectivity index (χ4v) is 3.70. The van der Waals surface area contributed by atoms with Crippen LogP contribution in [-0.4, -0.2) is 26.5 Å². The van der Waals surface area contributed by atoms with Gasteiger partial charge in [-0.15, -0.1) is 0 Å². The number of sulfonamides is 1. The van der Waals surface area contributed by atoms with Gasteiger partial charge < -0.3 is 9.88 Å². The number of aromatic amines is 1. The second-order valence-corrected chi connectivity index (χ2v) is 7.27. The number of nitrogens with one attached hydrogen (secondary N) is 2. The molecule has 0 amide bonds. The smallest absolute Gasteiger partial charge is 0.263 e. The summed E-state index contributed by atoms with van der Waals surface area (Å²) in [6.45, 7) is 2.09. The summed E-state index contributed by atoms with van der Waals surface area (Å²) in [6, 6.07) is 9.84. The van der Waals surface area contributed by atoms with Crippen molar-refractivity contribution in [2.75, 3.05) is 22.7 Å². The number of aromatic nitrogens is 1. The van der Waals surface area contributed by atoms with Crippen molar-refractivity contribution in [2.45, 2.75) is 24.2 Å². The Morgan fingerprint density at radius 3 is 2.26 bits per heavy atom. The van der Waals surface area contributed by atoms with Crippen molar-refractivity contribution in [1.29, 1.82) is 0 Å². The van der Waals surface area contributed by atoms with Gasteiger partial charge in [0.05, 0.1) is 0 Å². The van der Waals surface area contributed by atoms with Gasteiger partial charge in [-0.25, -0.2) is 8.42 Å². The van der Waals surface area contributed by atoms with Gasteiger partial charge in [-0.1, -0.05) is 0 Å². The minimum absolute atomic E-state index is 0.0252. The molecule has 1 aliphatic heterocycles. The van der Waals surface area contributed by atoms with Crippen molar-refractivity contribution in [1.82, 2.24) is 4.98 Å². The second-order valence-electron chi connectivity index (χ2n) is 5.59. The maximum atomic E-state index is 12.3. The van der Waals surface area contributed by atoms with Gasteiger partial charge in [-0.2, -0.15) is 0 Å². The van der Waals surface area contributed by atoms with E-state index in [4.69, 9.17) is 0 Å². The molecule has 122 valence electrons. The maximum absolute atomic E-state index is 12.3. The summed E-state index contributed by atoms with van der Waals surface area (Å²) in [4.78, 5) is 15.7. The molecule has 6 nitrogen and oxygen atoms in total. The standard InChI is InChI=1S/C16H19N3O3S/c20-16-9-8-15(12-17-16)23(21,22)18-13-4-6-14(7-5-13)19-10-2-1-3-11-19/h4-9,12,18H,1-3,10-11H2,(H,17,20). The van der Waals surface area contributed by atoms with Crippen LogP contribution >= 0.6 is 0 Å². The van der Waals surface area contributed by atoms with Crippen molar-refractivity contribution in [3.63, 3.8) is 0 Å². The van der Waals surface area contributed by atoms with Gasteiger partial charge in [-0.05, 0) is 49.6 Å². The van der Waals surface area contributed by atoms with Crippen LogP contribution in [0.1, 0.15) is 19.3 Å². The van der Waals surface area contributed by atoms with Crippen LogP contribution < -0.4 is 15.2 Å². The van der Waals surface area contributed by atoms with E-state index in [2.05, 4.69) is 14.6 Å². The third kappa shape index (κ3) is 3.73. The van der Waals surface area contributed by atoms with Gasteiger partial charge in [0.25, 0.3) is 10.0 Å². The lowest BCUT2D eigenvalue weighted by molar-refractivity contribution is 0.578. The van der Waals surface area contributed by atoms with Crippen LogP contribution in [0.3, 0.4) is 0 Å². The highest BCUT2D eigenvalue weighted by Crippen LogP contribution is 2.23. The van der Waals surface area contributed by atoms with Crippen LogP contribution in [0.25, 0.3) is 0 Å². The van der Waals surface area contributed by atoms with E-state index in [-0.39, 0.29) is 10.5 Å². The molecule has 0 spiro atoms. The summed E-state index contributed by atoms with van der Waals surface area (Å²) >= 11 is 0. The molecule has 1 saturated heterocycles. The molecule has 2 aromatic rings. The molecular weight excluding hydrogens is 314 g/mol. The Balaban J connectivity index is 1.74. The number of hydrogen-bond donors (Lipinski definition) is 2. The Kier molecular flexibility index (Phi) is 4.38. The number of nitrogens with zero attached hydrogens (tertiary/aromatic N) is 1. The van der Waals surface area contributed by atoms with E-state index < -0.39 is 10.0 Å². The van der Waals surface area contributed by atoms with Crippen molar-refractivity contribution < 1.29 is 8.42 Å². The molecule has 23 heavy (non-hydrogen) atoms. The van der Waals surface area contributed by atoms with Crippen molar-refractivity contribution in [3.05, 3.63) is 52.9 Å². The highest BCUT2D eigenvalue weighted by Gasteiger charge is 2.15. The minimum atomic E-state index is -3.70. The molecule has 0 aliphatic carbocycles. The number of piperidine rings is 1. The first kappa shape index (κ1) is 15.6. The van der Waals surface area contributed by atoms with Crippen LogP contribution in [0.2, 0.25) is 0 Å². The van der Waals surface area contributed by atoms with E-state index >= 15 is 0 Å². The first-order valence-corrected chi connectivity index (χ1v) is 9.09. The maximum Gasteiger partial charge on any atom is 0.263 e. The molecule has 1 aromatic heterocycles. The molecule has 0 saturated carbocycles. The predicted octanol–water partition coefficient (Wildman–Crippen LogP) is 2.17. The Morgan fingerprint density at radius 2 is 1.65 bits per heavy atom.